The Bertz CT molecular complexity index is 519. The minimum atomic E-state index is -0.463. The highest BCUT2D eigenvalue weighted by Gasteiger charge is 2.28. The number of piperidine rings is 1. The summed E-state index contributed by atoms with van der Waals surface area (Å²) in [6.07, 6.45) is 1.70. The Labute approximate surface area is 116 Å². The molecule has 0 saturated carbocycles. The molecule has 1 aliphatic heterocycles. The first-order chi connectivity index (χ1) is 9.00. The first kappa shape index (κ1) is 13.8. The molecule has 1 atom stereocenters. The SMILES string of the molecule is CC(=O)C1CCCN(c2cccc(Cl)c2[N+](=O)[O-])C1. The molecule has 6 heteroatoms. The second-order valence-corrected chi connectivity index (χ2v) is 5.17. The minimum absolute atomic E-state index is 0.0488. The molecule has 19 heavy (non-hydrogen) atoms. The van der Waals surface area contributed by atoms with Crippen molar-refractivity contribution < 1.29 is 9.72 Å². The Kier molecular flexibility index (Phi) is 4.04. The van der Waals surface area contributed by atoms with Gasteiger partial charge in [0.2, 0.25) is 0 Å². The van der Waals surface area contributed by atoms with Crippen LogP contribution in [0.2, 0.25) is 5.02 Å². The summed E-state index contributed by atoms with van der Waals surface area (Å²) in [5, 5.41) is 11.3. The third-order valence-corrected chi connectivity index (χ3v) is 3.79. The Morgan fingerprint density at radius 1 is 1.53 bits per heavy atom. The van der Waals surface area contributed by atoms with Gasteiger partial charge in [-0.15, -0.1) is 0 Å². The second kappa shape index (κ2) is 5.57. The van der Waals surface area contributed by atoms with Crippen molar-refractivity contribution in [3.63, 3.8) is 0 Å². The fraction of sp³-hybridized carbons (Fsp3) is 0.462. The lowest BCUT2D eigenvalue weighted by atomic mass is 9.94. The number of halogens is 1. The summed E-state index contributed by atoms with van der Waals surface area (Å²) in [6.45, 7) is 2.81. The van der Waals surface area contributed by atoms with E-state index in [-0.39, 0.29) is 22.4 Å². The number of nitro groups is 1. The van der Waals surface area contributed by atoms with Crippen LogP contribution in [0.15, 0.2) is 18.2 Å². The fourth-order valence-corrected chi connectivity index (χ4v) is 2.71. The zero-order chi connectivity index (χ0) is 14.0. The van der Waals surface area contributed by atoms with Crippen LogP contribution in [0, 0.1) is 16.0 Å². The summed E-state index contributed by atoms with van der Waals surface area (Å²) in [7, 11) is 0. The number of benzene rings is 1. The van der Waals surface area contributed by atoms with Crippen LogP contribution >= 0.6 is 11.6 Å². The van der Waals surface area contributed by atoms with Crippen LogP contribution in [0.1, 0.15) is 19.8 Å². The standard InChI is InChI=1S/C13H15ClN2O3/c1-9(17)10-4-3-7-15(8-10)12-6-2-5-11(14)13(12)16(18)19/h2,5-6,10H,3-4,7-8H2,1H3. The molecule has 2 rings (SSSR count). The largest absolute Gasteiger partial charge is 0.365 e. The maximum absolute atomic E-state index is 11.5. The van der Waals surface area contributed by atoms with Gasteiger partial charge in [0.25, 0.3) is 0 Å². The fourth-order valence-electron chi connectivity index (χ4n) is 2.47. The van der Waals surface area contributed by atoms with Crippen LogP contribution in [0.5, 0.6) is 0 Å². The number of para-hydroxylation sites is 1. The normalized spacial score (nSPS) is 19.3. The molecule has 1 aromatic rings. The zero-order valence-electron chi connectivity index (χ0n) is 10.6. The predicted molar refractivity (Wildman–Crippen MR) is 73.7 cm³/mol. The van der Waals surface area contributed by atoms with Crippen molar-refractivity contribution in [3.05, 3.63) is 33.3 Å². The second-order valence-electron chi connectivity index (χ2n) is 4.76. The number of anilines is 1. The number of carbonyl (C=O) groups is 1. The minimum Gasteiger partial charge on any atom is -0.365 e. The Morgan fingerprint density at radius 3 is 2.89 bits per heavy atom. The van der Waals surface area contributed by atoms with Gasteiger partial charge in [0.05, 0.1) is 4.92 Å². The third kappa shape index (κ3) is 2.87. The molecule has 0 spiro atoms. The van der Waals surface area contributed by atoms with Crippen LogP contribution in [0.3, 0.4) is 0 Å². The van der Waals surface area contributed by atoms with Crippen LogP contribution in [0.4, 0.5) is 11.4 Å². The van der Waals surface area contributed by atoms with Crippen molar-refractivity contribution in [1.82, 2.24) is 0 Å². The van der Waals surface area contributed by atoms with Gasteiger partial charge in [0.1, 0.15) is 16.5 Å². The quantitative estimate of drug-likeness (QED) is 0.631. The molecule has 1 aliphatic rings. The Hall–Kier alpha value is -1.62. The molecule has 1 heterocycles. The smallest absolute Gasteiger partial charge is 0.310 e. The molecule has 1 saturated heterocycles. The lowest BCUT2D eigenvalue weighted by Crippen LogP contribution is -2.38. The Morgan fingerprint density at radius 2 is 2.26 bits per heavy atom. The monoisotopic (exact) mass is 282 g/mol. The van der Waals surface area contributed by atoms with Crippen LogP contribution in [-0.2, 0) is 4.79 Å². The highest BCUT2D eigenvalue weighted by molar-refractivity contribution is 6.33. The highest BCUT2D eigenvalue weighted by atomic mass is 35.5. The molecule has 102 valence electrons. The molecule has 0 aromatic heterocycles. The van der Waals surface area contributed by atoms with Crippen molar-refractivity contribution in [1.29, 1.82) is 0 Å². The van der Waals surface area contributed by atoms with Gasteiger partial charge in [-0.05, 0) is 31.9 Å². The summed E-state index contributed by atoms with van der Waals surface area (Å²) in [5.74, 6) is 0.0849. The molecule has 5 nitrogen and oxygen atoms in total. The number of ketones is 1. The van der Waals surface area contributed by atoms with E-state index >= 15 is 0 Å². The van der Waals surface area contributed by atoms with Crippen molar-refractivity contribution in [2.45, 2.75) is 19.8 Å². The van der Waals surface area contributed by atoms with E-state index in [1.54, 1.807) is 19.1 Å². The molecular formula is C13H15ClN2O3. The molecule has 0 aliphatic carbocycles. The van der Waals surface area contributed by atoms with Crippen molar-refractivity contribution >= 4 is 28.8 Å². The number of Topliss-reactive ketones (excluding diaryl/α,β-unsaturated/α-hetero) is 1. The van der Waals surface area contributed by atoms with E-state index in [9.17, 15) is 14.9 Å². The van der Waals surface area contributed by atoms with E-state index in [0.29, 0.717) is 18.8 Å². The molecule has 1 aromatic carbocycles. The van der Waals surface area contributed by atoms with Gasteiger partial charge in [-0.3, -0.25) is 14.9 Å². The highest BCUT2D eigenvalue weighted by Crippen LogP contribution is 2.36. The number of rotatable bonds is 3. The van der Waals surface area contributed by atoms with Crippen LogP contribution in [-0.4, -0.2) is 23.8 Å². The summed E-state index contributed by atoms with van der Waals surface area (Å²) in [5.41, 5.74) is 0.428. The lowest BCUT2D eigenvalue weighted by molar-refractivity contribution is -0.384. The number of nitro benzene ring substituents is 1. The van der Waals surface area contributed by atoms with Crippen molar-refractivity contribution in [2.75, 3.05) is 18.0 Å². The zero-order valence-corrected chi connectivity index (χ0v) is 11.4. The molecule has 0 amide bonds. The molecule has 0 radical (unpaired) electrons. The topological polar surface area (TPSA) is 63.5 Å². The van der Waals surface area contributed by atoms with E-state index in [2.05, 4.69) is 0 Å². The van der Waals surface area contributed by atoms with Crippen molar-refractivity contribution in [2.24, 2.45) is 5.92 Å². The van der Waals surface area contributed by atoms with Gasteiger partial charge < -0.3 is 4.90 Å². The first-order valence-corrected chi connectivity index (χ1v) is 6.57. The molecule has 0 bridgehead atoms. The number of nitrogens with zero attached hydrogens (tertiary/aromatic N) is 2. The number of hydrogen-bond acceptors (Lipinski definition) is 4. The van der Waals surface area contributed by atoms with Gasteiger partial charge in [0, 0.05) is 19.0 Å². The Balaban J connectivity index is 2.34. The third-order valence-electron chi connectivity index (χ3n) is 3.49. The maximum Gasteiger partial charge on any atom is 0.310 e. The number of hydrogen-bond donors (Lipinski definition) is 0. The van der Waals surface area contributed by atoms with Crippen LogP contribution < -0.4 is 4.90 Å². The predicted octanol–water partition coefficient (Wildman–Crippen LogP) is 3.05. The van der Waals surface area contributed by atoms with E-state index in [4.69, 9.17) is 11.6 Å². The van der Waals surface area contributed by atoms with Crippen molar-refractivity contribution in [3.8, 4) is 0 Å². The molecule has 1 unspecified atom stereocenters. The number of carbonyl (C=O) groups excluding carboxylic acids is 1. The van der Waals surface area contributed by atoms with E-state index in [1.165, 1.54) is 6.07 Å². The average Bonchev–Trinajstić information content (AvgIpc) is 2.38. The summed E-state index contributed by atoms with van der Waals surface area (Å²) in [4.78, 5) is 24.0. The summed E-state index contributed by atoms with van der Waals surface area (Å²) >= 11 is 5.91. The van der Waals surface area contributed by atoms with E-state index < -0.39 is 4.92 Å². The first-order valence-electron chi connectivity index (χ1n) is 6.19. The van der Waals surface area contributed by atoms with Gasteiger partial charge in [0.15, 0.2) is 0 Å². The van der Waals surface area contributed by atoms with Crippen LogP contribution in [0.25, 0.3) is 0 Å². The van der Waals surface area contributed by atoms with Gasteiger partial charge in [-0.25, -0.2) is 0 Å². The molecule has 0 N–H and O–H groups in total. The van der Waals surface area contributed by atoms with E-state index in [1.807, 2.05) is 4.90 Å². The van der Waals surface area contributed by atoms with Gasteiger partial charge in [-0.1, -0.05) is 17.7 Å². The maximum atomic E-state index is 11.5. The van der Waals surface area contributed by atoms with Gasteiger partial charge in [-0.2, -0.15) is 0 Å². The average molecular weight is 283 g/mol. The summed E-state index contributed by atoms with van der Waals surface area (Å²) < 4.78 is 0. The summed E-state index contributed by atoms with van der Waals surface area (Å²) in [6, 6.07) is 4.89. The molecule has 1 fully saturated rings. The van der Waals surface area contributed by atoms with Gasteiger partial charge >= 0.3 is 5.69 Å². The molecular weight excluding hydrogens is 268 g/mol. The van der Waals surface area contributed by atoms with E-state index in [0.717, 1.165) is 12.8 Å². The lowest BCUT2D eigenvalue weighted by Gasteiger charge is -2.33.